The summed E-state index contributed by atoms with van der Waals surface area (Å²) < 4.78 is 3.65. The molecule has 0 spiro atoms. The molecule has 2 aromatic carbocycles. The lowest BCUT2D eigenvalue weighted by Gasteiger charge is -2.17. The van der Waals surface area contributed by atoms with Crippen molar-refractivity contribution in [1.82, 2.24) is 4.57 Å². The maximum atomic E-state index is 3.61. The number of fused-ring (bicyclic) bond motifs is 3. The van der Waals surface area contributed by atoms with E-state index in [-0.39, 0.29) is 0 Å². The van der Waals surface area contributed by atoms with Crippen molar-refractivity contribution in [2.24, 2.45) is 5.92 Å². The molecule has 1 atom stereocenters. The number of benzene rings is 2. The van der Waals surface area contributed by atoms with E-state index in [9.17, 15) is 0 Å². The van der Waals surface area contributed by atoms with E-state index in [1.54, 1.807) is 0 Å². The molecule has 0 bridgehead atoms. The fourth-order valence-corrected chi connectivity index (χ4v) is 3.70. The SMILES string of the molecule is CCCCC(CC)Cn1c2cc[c]cc2c2cc(Br)ccc21. The van der Waals surface area contributed by atoms with Crippen LogP contribution in [-0.2, 0) is 6.54 Å². The Morgan fingerprint density at radius 3 is 2.73 bits per heavy atom. The van der Waals surface area contributed by atoms with Gasteiger partial charge < -0.3 is 4.57 Å². The van der Waals surface area contributed by atoms with Crippen LogP contribution in [0.5, 0.6) is 0 Å². The average Bonchev–Trinajstić information content (AvgIpc) is 2.85. The summed E-state index contributed by atoms with van der Waals surface area (Å²) in [5.74, 6) is 0.756. The Balaban J connectivity index is 2.10. The molecule has 3 aromatic rings. The van der Waals surface area contributed by atoms with Crippen molar-refractivity contribution in [2.75, 3.05) is 0 Å². The van der Waals surface area contributed by atoms with Gasteiger partial charge in [-0.25, -0.2) is 0 Å². The molecule has 1 radical (unpaired) electrons. The van der Waals surface area contributed by atoms with E-state index >= 15 is 0 Å². The van der Waals surface area contributed by atoms with Crippen LogP contribution >= 0.6 is 15.9 Å². The zero-order chi connectivity index (χ0) is 15.5. The molecule has 3 rings (SSSR count). The number of halogens is 1. The van der Waals surface area contributed by atoms with Crippen molar-refractivity contribution in [3.05, 3.63) is 46.9 Å². The quantitative estimate of drug-likeness (QED) is 0.470. The first kappa shape index (κ1) is 15.6. The van der Waals surface area contributed by atoms with Gasteiger partial charge in [0.2, 0.25) is 0 Å². The lowest BCUT2D eigenvalue weighted by atomic mass is 9.99. The molecule has 0 aliphatic carbocycles. The molecule has 0 aliphatic heterocycles. The highest BCUT2D eigenvalue weighted by Crippen LogP contribution is 2.32. The van der Waals surface area contributed by atoms with Gasteiger partial charge in [-0.3, -0.25) is 0 Å². The van der Waals surface area contributed by atoms with Crippen molar-refractivity contribution in [3.63, 3.8) is 0 Å². The van der Waals surface area contributed by atoms with Crippen LogP contribution in [0.4, 0.5) is 0 Å². The monoisotopic (exact) mass is 356 g/mol. The number of unbranched alkanes of at least 4 members (excludes halogenated alkanes) is 1. The van der Waals surface area contributed by atoms with Gasteiger partial charge in [-0.05, 0) is 48.7 Å². The summed E-state index contributed by atoms with van der Waals surface area (Å²) in [5.41, 5.74) is 2.68. The zero-order valence-corrected chi connectivity index (χ0v) is 15.0. The third-order valence-corrected chi connectivity index (χ3v) is 5.15. The number of aromatic nitrogens is 1. The summed E-state index contributed by atoms with van der Waals surface area (Å²) in [6.07, 6.45) is 5.18. The number of nitrogens with zero attached hydrogens (tertiary/aromatic N) is 1. The second-order valence-corrected chi connectivity index (χ2v) is 7.05. The molecule has 2 heteroatoms. The maximum absolute atomic E-state index is 3.61. The number of rotatable bonds is 6. The molecule has 115 valence electrons. The fraction of sp³-hybridized carbons (Fsp3) is 0.400. The lowest BCUT2D eigenvalue weighted by molar-refractivity contribution is 0.401. The van der Waals surface area contributed by atoms with E-state index < -0.39 is 0 Å². The van der Waals surface area contributed by atoms with Crippen LogP contribution in [0.15, 0.2) is 40.9 Å². The first-order valence-corrected chi connectivity index (χ1v) is 9.11. The molecule has 0 amide bonds. The Hall–Kier alpha value is -1.28. The summed E-state index contributed by atoms with van der Waals surface area (Å²) in [6, 6.07) is 16.2. The third-order valence-electron chi connectivity index (χ3n) is 4.66. The van der Waals surface area contributed by atoms with E-state index in [0.717, 1.165) is 16.9 Å². The molecule has 1 nitrogen and oxygen atoms in total. The fourth-order valence-electron chi connectivity index (χ4n) is 3.33. The molecule has 0 fully saturated rings. The highest BCUT2D eigenvalue weighted by atomic mass is 79.9. The van der Waals surface area contributed by atoms with E-state index in [0.29, 0.717) is 0 Å². The summed E-state index contributed by atoms with van der Waals surface area (Å²) in [5, 5.41) is 2.63. The number of hydrogen-bond acceptors (Lipinski definition) is 0. The minimum absolute atomic E-state index is 0.756. The van der Waals surface area contributed by atoms with Gasteiger partial charge in [0.1, 0.15) is 0 Å². The standard InChI is InChI=1S/C20H23BrN/c1-3-5-8-15(4-2)14-22-19-10-7-6-9-17(19)18-13-16(21)11-12-20(18)22/h7,9-13,15H,3-5,8,14H2,1-2H3. The Bertz CT molecular complexity index is 772. The van der Waals surface area contributed by atoms with E-state index in [1.807, 2.05) is 6.07 Å². The van der Waals surface area contributed by atoms with Gasteiger partial charge in [0, 0.05) is 32.8 Å². The van der Waals surface area contributed by atoms with Crippen LogP contribution in [0, 0.1) is 12.0 Å². The summed E-state index contributed by atoms with van der Waals surface area (Å²) >= 11 is 3.61. The molecule has 0 saturated carbocycles. The van der Waals surface area contributed by atoms with Gasteiger partial charge in [0.25, 0.3) is 0 Å². The van der Waals surface area contributed by atoms with Crippen LogP contribution in [0.25, 0.3) is 21.8 Å². The molecular formula is C20H23BrN. The summed E-state index contributed by atoms with van der Waals surface area (Å²) in [4.78, 5) is 0. The van der Waals surface area contributed by atoms with Crippen molar-refractivity contribution < 1.29 is 0 Å². The minimum atomic E-state index is 0.756. The second-order valence-electron chi connectivity index (χ2n) is 6.13. The topological polar surface area (TPSA) is 4.93 Å². The van der Waals surface area contributed by atoms with Crippen LogP contribution in [0.2, 0.25) is 0 Å². The molecule has 0 N–H and O–H groups in total. The minimum Gasteiger partial charge on any atom is -0.340 e. The van der Waals surface area contributed by atoms with E-state index in [1.165, 1.54) is 47.5 Å². The first-order valence-electron chi connectivity index (χ1n) is 8.32. The van der Waals surface area contributed by atoms with Gasteiger partial charge >= 0.3 is 0 Å². The van der Waals surface area contributed by atoms with Gasteiger partial charge in [-0.1, -0.05) is 55.1 Å². The van der Waals surface area contributed by atoms with Crippen molar-refractivity contribution in [1.29, 1.82) is 0 Å². The first-order chi connectivity index (χ1) is 10.7. The van der Waals surface area contributed by atoms with Crippen molar-refractivity contribution in [3.8, 4) is 0 Å². The van der Waals surface area contributed by atoms with Crippen molar-refractivity contribution >= 4 is 37.7 Å². The maximum Gasteiger partial charge on any atom is 0.0492 e. The van der Waals surface area contributed by atoms with Gasteiger partial charge in [-0.2, -0.15) is 0 Å². The lowest BCUT2D eigenvalue weighted by Crippen LogP contribution is -2.10. The summed E-state index contributed by atoms with van der Waals surface area (Å²) in [7, 11) is 0. The Morgan fingerprint density at radius 1 is 1.14 bits per heavy atom. The largest absolute Gasteiger partial charge is 0.340 e. The Labute approximate surface area is 141 Å². The molecule has 1 unspecified atom stereocenters. The summed E-state index contributed by atoms with van der Waals surface area (Å²) in [6.45, 7) is 5.71. The van der Waals surface area contributed by atoms with Crippen LogP contribution in [-0.4, -0.2) is 4.57 Å². The van der Waals surface area contributed by atoms with E-state index in [4.69, 9.17) is 0 Å². The zero-order valence-electron chi connectivity index (χ0n) is 13.4. The van der Waals surface area contributed by atoms with Crippen LogP contribution in [0.3, 0.4) is 0 Å². The van der Waals surface area contributed by atoms with Gasteiger partial charge in [0.15, 0.2) is 0 Å². The predicted octanol–water partition coefficient (Wildman–Crippen LogP) is 6.57. The molecular weight excluding hydrogens is 334 g/mol. The normalized spacial score (nSPS) is 13.0. The van der Waals surface area contributed by atoms with Crippen molar-refractivity contribution in [2.45, 2.75) is 46.1 Å². The van der Waals surface area contributed by atoms with Crippen LogP contribution in [0.1, 0.15) is 39.5 Å². The molecule has 0 aliphatic rings. The smallest absolute Gasteiger partial charge is 0.0492 e. The van der Waals surface area contributed by atoms with Gasteiger partial charge in [0.05, 0.1) is 0 Å². The second kappa shape index (κ2) is 6.87. The Morgan fingerprint density at radius 2 is 1.95 bits per heavy atom. The Kier molecular flexibility index (Phi) is 4.87. The van der Waals surface area contributed by atoms with Gasteiger partial charge in [-0.15, -0.1) is 0 Å². The predicted molar refractivity (Wildman–Crippen MR) is 99.3 cm³/mol. The highest BCUT2D eigenvalue weighted by molar-refractivity contribution is 9.10. The molecule has 1 aromatic heterocycles. The molecule has 1 heterocycles. The third kappa shape index (κ3) is 2.94. The van der Waals surface area contributed by atoms with E-state index in [2.05, 4.69) is 70.7 Å². The number of hydrogen-bond donors (Lipinski definition) is 0. The molecule has 22 heavy (non-hydrogen) atoms. The molecule has 0 saturated heterocycles. The highest BCUT2D eigenvalue weighted by Gasteiger charge is 2.14. The van der Waals surface area contributed by atoms with Crippen LogP contribution < -0.4 is 0 Å². The average molecular weight is 357 g/mol.